The molecule has 0 N–H and O–H groups in total. The molecule has 0 spiro atoms. The lowest BCUT2D eigenvalue weighted by Gasteiger charge is -2.17. The van der Waals surface area contributed by atoms with Crippen LogP contribution in [0.3, 0.4) is 0 Å². The van der Waals surface area contributed by atoms with Crippen molar-refractivity contribution in [1.29, 1.82) is 0 Å². The molecule has 0 aromatic heterocycles. The van der Waals surface area contributed by atoms with Gasteiger partial charge in [-0.25, -0.2) is 0 Å². The highest BCUT2D eigenvalue weighted by Crippen LogP contribution is 2.37. The van der Waals surface area contributed by atoms with E-state index in [9.17, 15) is 26.3 Å². The highest BCUT2D eigenvalue weighted by atomic mass is 19.4. The molecule has 2 aromatic rings. The van der Waals surface area contributed by atoms with E-state index in [1.54, 1.807) is 13.8 Å². The van der Waals surface area contributed by atoms with Crippen LogP contribution in [0.15, 0.2) is 36.4 Å². The van der Waals surface area contributed by atoms with Crippen LogP contribution < -0.4 is 0 Å². The summed E-state index contributed by atoms with van der Waals surface area (Å²) >= 11 is 0. The van der Waals surface area contributed by atoms with Crippen LogP contribution in [0.5, 0.6) is 0 Å². The second-order valence-electron chi connectivity index (χ2n) is 5.49. The van der Waals surface area contributed by atoms with E-state index in [-0.39, 0.29) is 11.1 Å². The Labute approximate surface area is 129 Å². The summed E-state index contributed by atoms with van der Waals surface area (Å²) in [6.45, 7) is 3.20. The maximum Gasteiger partial charge on any atom is 0.416 e. The summed E-state index contributed by atoms with van der Waals surface area (Å²) in [6.07, 6.45) is -9.64. The lowest BCUT2D eigenvalue weighted by molar-refractivity contribution is -0.138. The first kappa shape index (κ1) is 17.4. The van der Waals surface area contributed by atoms with Gasteiger partial charge in [0.25, 0.3) is 0 Å². The van der Waals surface area contributed by atoms with Crippen LogP contribution in [0.25, 0.3) is 0 Å². The van der Waals surface area contributed by atoms with Crippen molar-refractivity contribution < 1.29 is 26.3 Å². The molecule has 0 saturated carbocycles. The Kier molecular flexibility index (Phi) is 4.46. The molecule has 0 aliphatic rings. The minimum atomic E-state index is -4.61. The standard InChI is InChI=1S/C17H14F6/c1-10-3-5-14(16(18,19)20)12(7-10)9-13-8-11(2)4-6-15(13)17(21,22)23/h3-8H,9H2,1-2H3. The topological polar surface area (TPSA) is 0 Å². The Morgan fingerprint density at radius 3 is 1.30 bits per heavy atom. The van der Waals surface area contributed by atoms with Crippen molar-refractivity contribution in [3.8, 4) is 0 Å². The molecule has 0 nitrogen and oxygen atoms in total. The number of benzene rings is 2. The van der Waals surface area contributed by atoms with Crippen molar-refractivity contribution >= 4 is 0 Å². The van der Waals surface area contributed by atoms with Crippen LogP contribution in [0.1, 0.15) is 33.4 Å². The van der Waals surface area contributed by atoms with Crippen LogP contribution in [-0.4, -0.2) is 0 Å². The van der Waals surface area contributed by atoms with Crippen molar-refractivity contribution in [2.24, 2.45) is 0 Å². The third-order valence-corrected chi connectivity index (χ3v) is 3.51. The third-order valence-electron chi connectivity index (χ3n) is 3.51. The lowest BCUT2D eigenvalue weighted by atomic mass is 9.93. The Hall–Kier alpha value is -1.98. The Balaban J connectivity index is 2.56. The van der Waals surface area contributed by atoms with Crippen molar-refractivity contribution in [3.05, 3.63) is 69.8 Å². The van der Waals surface area contributed by atoms with Crippen molar-refractivity contribution in [3.63, 3.8) is 0 Å². The molecular weight excluding hydrogens is 318 g/mol. The number of hydrogen-bond donors (Lipinski definition) is 0. The average Bonchev–Trinajstić information content (AvgIpc) is 2.35. The third kappa shape index (κ3) is 4.06. The summed E-state index contributed by atoms with van der Waals surface area (Å²) in [5.41, 5.74) is -0.999. The number of halogens is 6. The normalized spacial score (nSPS) is 12.5. The SMILES string of the molecule is Cc1ccc(C(F)(F)F)c(Cc2cc(C)ccc2C(F)(F)F)c1. The van der Waals surface area contributed by atoms with Gasteiger partial charge in [0.15, 0.2) is 0 Å². The molecule has 0 amide bonds. The van der Waals surface area contributed by atoms with E-state index < -0.39 is 29.9 Å². The van der Waals surface area contributed by atoms with E-state index in [2.05, 4.69) is 0 Å². The van der Waals surface area contributed by atoms with Gasteiger partial charge >= 0.3 is 12.4 Å². The zero-order valence-corrected chi connectivity index (χ0v) is 12.4. The van der Waals surface area contributed by atoms with Crippen molar-refractivity contribution in [1.82, 2.24) is 0 Å². The van der Waals surface area contributed by atoms with Crippen LogP contribution in [-0.2, 0) is 18.8 Å². The summed E-state index contributed by atoms with van der Waals surface area (Å²) in [7, 11) is 0. The summed E-state index contributed by atoms with van der Waals surface area (Å²) in [6, 6.07) is 6.98. The summed E-state index contributed by atoms with van der Waals surface area (Å²) in [4.78, 5) is 0. The molecule has 0 aliphatic carbocycles. The monoisotopic (exact) mass is 332 g/mol. The molecular formula is C17H14F6. The van der Waals surface area contributed by atoms with E-state index in [1.165, 1.54) is 24.3 Å². The van der Waals surface area contributed by atoms with E-state index >= 15 is 0 Å². The molecule has 0 saturated heterocycles. The molecule has 2 rings (SSSR count). The minimum Gasteiger partial charge on any atom is -0.166 e. The minimum absolute atomic E-state index is 0.159. The maximum absolute atomic E-state index is 13.1. The van der Waals surface area contributed by atoms with Gasteiger partial charge < -0.3 is 0 Å². The number of hydrogen-bond acceptors (Lipinski definition) is 0. The molecule has 0 aliphatic heterocycles. The molecule has 0 fully saturated rings. The predicted octanol–water partition coefficient (Wildman–Crippen LogP) is 5.93. The van der Waals surface area contributed by atoms with Gasteiger partial charge in [-0.1, -0.05) is 35.4 Å². The summed E-state index contributed by atoms with van der Waals surface area (Å²) in [5.74, 6) is 0. The first-order chi connectivity index (χ1) is 10.5. The smallest absolute Gasteiger partial charge is 0.166 e. The zero-order valence-electron chi connectivity index (χ0n) is 12.4. The second-order valence-corrected chi connectivity index (χ2v) is 5.49. The fraction of sp³-hybridized carbons (Fsp3) is 0.294. The van der Waals surface area contributed by atoms with Gasteiger partial charge in [-0.05, 0) is 43.5 Å². The van der Waals surface area contributed by atoms with Crippen molar-refractivity contribution in [2.45, 2.75) is 32.6 Å². The number of alkyl halides is 6. The molecule has 2 aromatic carbocycles. The van der Waals surface area contributed by atoms with Gasteiger partial charge in [0.1, 0.15) is 0 Å². The maximum atomic E-state index is 13.1. The van der Waals surface area contributed by atoms with Gasteiger partial charge in [0.05, 0.1) is 11.1 Å². The fourth-order valence-electron chi connectivity index (χ4n) is 2.50. The van der Waals surface area contributed by atoms with E-state index in [1.807, 2.05) is 0 Å². The first-order valence-electron chi connectivity index (χ1n) is 6.82. The van der Waals surface area contributed by atoms with Gasteiger partial charge in [0.2, 0.25) is 0 Å². The van der Waals surface area contributed by atoms with Gasteiger partial charge in [-0.3, -0.25) is 0 Å². The molecule has 124 valence electrons. The van der Waals surface area contributed by atoms with E-state index in [0.29, 0.717) is 11.1 Å². The largest absolute Gasteiger partial charge is 0.416 e. The Morgan fingerprint density at radius 2 is 1.00 bits per heavy atom. The van der Waals surface area contributed by atoms with Crippen LogP contribution in [0, 0.1) is 13.8 Å². The molecule has 23 heavy (non-hydrogen) atoms. The zero-order chi connectivity index (χ0) is 17.4. The lowest BCUT2D eigenvalue weighted by Crippen LogP contribution is -2.13. The highest BCUT2D eigenvalue weighted by molar-refractivity contribution is 5.42. The van der Waals surface area contributed by atoms with Gasteiger partial charge in [-0.2, -0.15) is 26.3 Å². The van der Waals surface area contributed by atoms with Crippen LogP contribution in [0.4, 0.5) is 26.3 Å². The number of rotatable bonds is 2. The molecule has 0 radical (unpaired) electrons. The highest BCUT2D eigenvalue weighted by Gasteiger charge is 2.36. The quantitative estimate of drug-likeness (QED) is 0.598. The molecule has 0 bridgehead atoms. The van der Waals surface area contributed by atoms with Crippen LogP contribution >= 0.6 is 0 Å². The Morgan fingerprint density at radius 1 is 0.652 bits per heavy atom. The summed E-state index contributed by atoms with van der Waals surface area (Å²) in [5, 5.41) is 0. The van der Waals surface area contributed by atoms with E-state index in [0.717, 1.165) is 12.1 Å². The fourth-order valence-corrected chi connectivity index (χ4v) is 2.50. The van der Waals surface area contributed by atoms with Crippen LogP contribution in [0.2, 0.25) is 0 Å². The summed E-state index contributed by atoms with van der Waals surface area (Å²) < 4.78 is 78.4. The average molecular weight is 332 g/mol. The molecule has 0 unspecified atom stereocenters. The van der Waals surface area contributed by atoms with Gasteiger partial charge in [0, 0.05) is 0 Å². The van der Waals surface area contributed by atoms with Gasteiger partial charge in [-0.15, -0.1) is 0 Å². The van der Waals surface area contributed by atoms with E-state index in [4.69, 9.17) is 0 Å². The number of aryl methyl sites for hydroxylation is 2. The molecule has 6 heteroatoms. The Bertz CT molecular complexity index is 648. The van der Waals surface area contributed by atoms with Crippen molar-refractivity contribution in [2.75, 3.05) is 0 Å². The molecule has 0 atom stereocenters. The predicted molar refractivity (Wildman–Crippen MR) is 75.2 cm³/mol. The molecule has 0 heterocycles. The second kappa shape index (κ2) is 5.91. The first-order valence-corrected chi connectivity index (χ1v) is 6.82.